The summed E-state index contributed by atoms with van der Waals surface area (Å²) in [4.78, 5) is 11.5. The number of ketones is 1. The van der Waals surface area contributed by atoms with Gasteiger partial charge < -0.3 is 4.42 Å². The van der Waals surface area contributed by atoms with Crippen LogP contribution < -0.4 is 0 Å². The second-order valence-electron chi connectivity index (χ2n) is 4.04. The molecule has 0 saturated heterocycles. The number of hydrogen-bond donors (Lipinski definition) is 0. The molecule has 78 valence electrons. The minimum absolute atomic E-state index is 0.124. The molecule has 0 radical (unpaired) electrons. The van der Waals surface area contributed by atoms with Gasteiger partial charge in [0.1, 0.15) is 0 Å². The lowest BCUT2D eigenvalue weighted by Crippen LogP contribution is -1.97. The zero-order valence-electron chi connectivity index (χ0n) is 8.95. The summed E-state index contributed by atoms with van der Waals surface area (Å²) in [5.74, 6) is 1.35. The maximum atomic E-state index is 11.5. The van der Waals surface area contributed by atoms with E-state index in [4.69, 9.17) is 4.42 Å². The molecular weight excluding hydrogens is 176 g/mol. The molecule has 2 nitrogen and oxygen atoms in total. The Morgan fingerprint density at radius 2 is 2.21 bits per heavy atom. The molecule has 1 rings (SSSR count). The van der Waals surface area contributed by atoms with Crippen molar-refractivity contribution in [3.8, 4) is 0 Å². The fourth-order valence-corrected chi connectivity index (χ4v) is 1.40. The summed E-state index contributed by atoms with van der Waals surface area (Å²) in [6.45, 7) is 4.41. The van der Waals surface area contributed by atoms with Crippen LogP contribution >= 0.6 is 0 Å². The summed E-state index contributed by atoms with van der Waals surface area (Å²) >= 11 is 0. The summed E-state index contributed by atoms with van der Waals surface area (Å²) in [7, 11) is 0. The van der Waals surface area contributed by atoms with Crippen molar-refractivity contribution in [2.75, 3.05) is 0 Å². The number of Topliss-reactive ketones (excluding diaryl/α,β-unsaturated/α-hetero) is 1. The van der Waals surface area contributed by atoms with E-state index in [1.807, 2.05) is 0 Å². The maximum Gasteiger partial charge on any atom is 0.197 e. The van der Waals surface area contributed by atoms with Gasteiger partial charge in [0.2, 0.25) is 0 Å². The monoisotopic (exact) mass is 194 g/mol. The second-order valence-corrected chi connectivity index (χ2v) is 4.04. The van der Waals surface area contributed by atoms with Crippen LogP contribution in [0.25, 0.3) is 0 Å². The number of furan rings is 1. The minimum atomic E-state index is 0.124. The van der Waals surface area contributed by atoms with Crippen LogP contribution in [0.4, 0.5) is 0 Å². The Kier molecular flexibility index (Phi) is 4.44. The van der Waals surface area contributed by atoms with Crippen molar-refractivity contribution >= 4 is 5.78 Å². The molecule has 0 aliphatic carbocycles. The first kappa shape index (κ1) is 11.0. The van der Waals surface area contributed by atoms with Crippen molar-refractivity contribution in [2.45, 2.75) is 39.5 Å². The van der Waals surface area contributed by atoms with Gasteiger partial charge in [-0.05, 0) is 24.5 Å². The maximum absolute atomic E-state index is 11.5. The number of rotatable bonds is 6. The number of carbonyl (C=O) groups excluding carboxylic acids is 1. The molecule has 0 N–H and O–H groups in total. The van der Waals surface area contributed by atoms with Gasteiger partial charge in [-0.3, -0.25) is 4.79 Å². The van der Waals surface area contributed by atoms with Crippen molar-refractivity contribution in [3.05, 3.63) is 24.2 Å². The van der Waals surface area contributed by atoms with Gasteiger partial charge in [-0.25, -0.2) is 0 Å². The highest BCUT2D eigenvalue weighted by atomic mass is 16.3. The Labute approximate surface area is 85.3 Å². The highest BCUT2D eigenvalue weighted by molar-refractivity contribution is 5.93. The lowest BCUT2D eigenvalue weighted by atomic mass is 10.0. The molecule has 1 heterocycles. The number of unbranched alkanes of at least 4 members (excludes halogenated alkanes) is 1. The number of hydrogen-bond acceptors (Lipinski definition) is 2. The lowest BCUT2D eigenvalue weighted by Gasteiger charge is -2.02. The average molecular weight is 194 g/mol. The van der Waals surface area contributed by atoms with Crippen molar-refractivity contribution in [3.63, 3.8) is 0 Å². The molecular formula is C12H18O2. The van der Waals surface area contributed by atoms with Gasteiger partial charge in [0.25, 0.3) is 0 Å². The summed E-state index contributed by atoms with van der Waals surface area (Å²) in [5, 5.41) is 0. The molecule has 1 aromatic heterocycles. The minimum Gasteiger partial charge on any atom is -0.461 e. The molecule has 14 heavy (non-hydrogen) atoms. The van der Waals surface area contributed by atoms with E-state index in [0.29, 0.717) is 12.2 Å². The van der Waals surface area contributed by atoms with Gasteiger partial charge >= 0.3 is 0 Å². The Morgan fingerprint density at radius 1 is 1.43 bits per heavy atom. The highest BCUT2D eigenvalue weighted by Crippen LogP contribution is 2.11. The quantitative estimate of drug-likeness (QED) is 0.510. The van der Waals surface area contributed by atoms with E-state index in [1.165, 1.54) is 6.42 Å². The Hall–Kier alpha value is -1.05. The standard InChI is InChI=1S/C12H18O2/c1-10(2)6-3-4-7-11(13)12-8-5-9-14-12/h5,8-10H,3-4,6-7H2,1-2H3. The van der Waals surface area contributed by atoms with Gasteiger partial charge in [-0.1, -0.05) is 26.7 Å². The first-order chi connectivity index (χ1) is 6.70. The van der Waals surface area contributed by atoms with Crippen LogP contribution in [0, 0.1) is 5.92 Å². The Bertz CT molecular complexity index is 260. The summed E-state index contributed by atoms with van der Waals surface area (Å²) < 4.78 is 5.02. The third-order valence-electron chi connectivity index (χ3n) is 2.23. The first-order valence-electron chi connectivity index (χ1n) is 5.27. The molecule has 0 fully saturated rings. The zero-order chi connectivity index (χ0) is 10.4. The van der Waals surface area contributed by atoms with Gasteiger partial charge in [0.05, 0.1) is 6.26 Å². The summed E-state index contributed by atoms with van der Waals surface area (Å²) in [6.07, 6.45) is 5.45. The van der Waals surface area contributed by atoms with Gasteiger partial charge in [0, 0.05) is 6.42 Å². The van der Waals surface area contributed by atoms with Crippen LogP contribution in [0.15, 0.2) is 22.8 Å². The van der Waals surface area contributed by atoms with Crippen molar-refractivity contribution < 1.29 is 9.21 Å². The normalized spacial score (nSPS) is 10.8. The van der Waals surface area contributed by atoms with E-state index >= 15 is 0 Å². The van der Waals surface area contributed by atoms with E-state index in [2.05, 4.69) is 13.8 Å². The van der Waals surface area contributed by atoms with Crippen molar-refractivity contribution in [1.82, 2.24) is 0 Å². The predicted octanol–water partition coefficient (Wildman–Crippen LogP) is 3.68. The van der Waals surface area contributed by atoms with Crippen LogP contribution in [0.1, 0.15) is 50.1 Å². The van der Waals surface area contributed by atoms with Crippen LogP contribution in [0.3, 0.4) is 0 Å². The van der Waals surface area contributed by atoms with E-state index in [-0.39, 0.29) is 5.78 Å². The molecule has 0 unspecified atom stereocenters. The lowest BCUT2D eigenvalue weighted by molar-refractivity contribution is 0.0952. The van der Waals surface area contributed by atoms with Crippen LogP contribution in [-0.2, 0) is 0 Å². The SMILES string of the molecule is CC(C)CCCCC(=O)c1ccco1. The summed E-state index contributed by atoms with van der Waals surface area (Å²) in [5.41, 5.74) is 0. The molecule has 0 atom stereocenters. The Morgan fingerprint density at radius 3 is 2.79 bits per heavy atom. The molecule has 0 bridgehead atoms. The molecule has 0 aliphatic heterocycles. The van der Waals surface area contributed by atoms with E-state index in [9.17, 15) is 4.79 Å². The van der Waals surface area contributed by atoms with Crippen molar-refractivity contribution in [2.24, 2.45) is 5.92 Å². The fourth-order valence-electron chi connectivity index (χ4n) is 1.40. The van der Waals surface area contributed by atoms with E-state index in [0.717, 1.165) is 18.8 Å². The van der Waals surface area contributed by atoms with E-state index < -0.39 is 0 Å². The van der Waals surface area contributed by atoms with Crippen molar-refractivity contribution in [1.29, 1.82) is 0 Å². The number of carbonyl (C=O) groups is 1. The molecule has 0 aliphatic rings. The third kappa shape index (κ3) is 3.77. The largest absolute Gasteiger partial charge is 0.461 e. The van der Waals surface area contributed by atoms with Crippen LogP contribution in [0.5, 0.6) is 0 Å². The predicted molar refractivity (Wildman–Crippen MR) is 56.3 cm³/mol. The molecule has 0 spiro atoms. The summed E-state index contributed by atoms with van der Waals surface area (Å²) in [6, 6.07) is 3.48. The smallest absolute Gasteiger partial charge is 0.197 e. The van der Waals surface area contributed by atoms with E-state index in [1.54, 1.807) is 18.4 Å². The topological polar surface area (TPSA) is 30.2 Å². The fraction of sp³-hybridized carbons (Fsp3) is 0.583. The molecule has 0 aromatic carbocycles. The van der Waals surface area contributed by atoms with Crippen LogP contribution in [-0.4, -0.2) is 5.78 Å². The molecule has 1 aromatic rings. The van der Waals surface area contributed by atoms with Gasteiger partial charge in [0.15, 0.2) is 11.5 Å². The molecule has 0 saturated carbocycles. The van der Waals surface area contributed by atoms with Gasteiger partial charge in [-0.15, -0.1) is 0 Å². The molecule has 2 heteroatoms. The third-order valence-corrected chi connectivity index (χ3v) is 2.23. The zero-order valence-corrected chi connectivity index (χ0v) is 8.95. The Balaban J connectivity index is 2.16. The first-order valence-corrected chi connectivity index (χ1v) is 5.27. The molecule has 0 amide bonds. The van der Waals surface area contributed by atoms with Crippen LogP contribution in [0.2, 0.25) is 0 Å². The highest BCUT2D eigenvalue weighted by Gasteiger charge is 2.07. The van der Waals surface area contributed by atoms with Gasteiger partial charge in [-0.2, -0.15) is 0 Å². The second kappa shape index (κ2) is 5.63. The average Bonchev–Trinajstić information content (AvgIpc) is 2.64.